The van der Waals surface area contributed by atoms with Gasteiger partial charge in [-0.25, -0.2) is 14.4 Å². The monoisotopic (exact) mass is 652 g/mol. The van der Waals surface area contributed by atoms with Gasteiger partial charge in [0.25, 0.3) is 0 Å². The largest absolute Gasteiger partial charge is 0.466 e. The topological polar surface area (TPSA) is 105 Å². The Bertz CT molecular complexity index is 1660. The summed E-state index contributed by atoms with van der Waals surface area (Å²) in [5.41, 5.74) is 1.34. The van der Waals surface area contributed by atoms with Gasteiger partial charge in [0.15, 0.2) is 0 Å². The third kappa shape index (κ3) is 11.8. The quantitative estimate of drug-likeness (QED) is 0.0577. The van der Waals surface area contributed by atoms with Gasteiger partial charge in [-0.05, 0) is 76.4 Å². The molecule has 0 bridgehead atoms. The van der Waals surface area contributed by atoms with Crippen molar-refractivity contribution < 1.29 is 38.1 Å². The molecule has 0 N–H and O–H groups in total. The number of carbonyl (C=O) groups is 4. The molecule has 252 valence electrons. The molecule has 0 saturated heterocycles. The smallest absolute Gasteiger partial charge is 0.338 e. The summed E-state index contributed by atoms with van der Waals surface area (Å²) >= 11 is 0. The van der Waals surface area contributed by atoms with E-state index in [0.29, 0.717) is 31.3 Å². The second kappa shape index (κ2) is 18.8. The predicted molar refractivity (Wildman–Crippen MR) is 188 cm³/mol. The highest BCUT2D eigenvalue weighted by Gasteiger charge is 2.15. The van der Waals surface area contributed by atoms with E-state index in [2.05, 4.69) is 81.6 Å². The van der Waals surface area contributed by atoms with Gasteiger partial charge in [-0.2, -0.15) is 0 Å². The van der Waals surface area contributed by atoms with Crippen LogP contribution in [0.4, 0.5) is 0 Å². The predicted octanol–water partition coefficient (Wildman–Crippen LogP) is 8.59. The number of carbonyl (C=O) groups excluding carboxylic acids is 4. The summed E-state index contributed by atoms with van der Waals surface area (Å²) in [5.74, 6) is -1.12. The van der Waals surface area contributed by atoms with Crippen LogP contribution in [0.1, 0.15) is 62.9 Å². The average Bonchev–Trinajstić information content (AvgIpc) is 3.06. The summed E-state index contributed by atoms with van der Waals surface area (Å²) in [7, 11) is 0. The summed E-state index contributed by atoms with van der Waals surface area (Å²) in [4.78, 5) is 46.8. The summed E-state index contributed by atoms with van der Waals surface area (Å²) in [6, 6.07) is 22.9. The van der Waals surface area contributed by atoms with Crippen molar-refractivity contribution in [1.29, 1.82) is 0 Å². The Hall–Kier alpha value is -5.24. The van der Waals surface area contributed by atoms with Crippen molar-refractivity contribution >= 4 is 45.4 Å². The molecular formula is C40H44O8. The van der Waals surface area contributed by atoms with Crippen LogP contribution < -0.4 is 9.47 Å². The van der Waals surface area contributed by atoms with Gasteiger partial charge in [-0.1, -0.05) is 89.4 Å². The van der Waals surface area contributed by atoms with E-state index in [1.807, 2.05) is 13.8 Å². The molecule has 4 rings (SSSR count). The van der Waals surface area contributed by atoms with Crippen molar-refractivity contribution in [2.75, 3.05) is 13.2 Å². The van der Waals surface area contributed by atoms with E-state index in [9.17, 15) is 19.2 Å². The number of fused-ring (bicyclic) bond motifs is 2. The van der Waals surface area contributed by atoms with Gasteiger partial charge < -0.3 is 18.9 Å². The second-order valence-electron chi connectivity index (χ2n) is 12.0. The van der Waals surface area contributed by atoms with Crippen molar-refractivity contribution in [2.45, 2.75) is 53.4 Å². The molecule has 8 heteroatoms. The maximum absolute atomic E-state index is 12.1. The molecule has 0 aliphatic heterocycles. The first kappa shape index (κ1) is 37.2. The number of benzene rings is 4. The zero-order valence-corrected chi connectivity index (χ0v) is 28.2. The molecule has 4 aromatic carbocycles. The lowest BCUT2D eigenvalue weighted by Crippen LogP contribution is -2.11. The summed E-state index contributed by atoms with van der Waals surface area (Å²) < 4.78 is 20.5. The highest BCUT2D eigenvalue weighted by atomic mass is 16.6. The Balaban J connectivity index is 0.000000260. The minimum Gasteiger partial charge on any atom is -0.466 e. The van der Waals surface area contributed by atoms with Gasteiger partial charge in [-0.3, -0.25) is 4.79 Å². The summed E-state index contributed by atoms with van der Waals surface area (Å²) in [6.07, 6.45) is 4.72. The van der Waals surface area contributed by atoms with E-state index >= 15 is 0 Å². The molecule has 0 fully saturated rings. The molecule has 0 atom stereocenters. The molecule has 0 radical (unpaired) electrons. The van der Waals surface area contributed by atoms with E-state index in [4.69, 9.17) is 18.9 Å². The number of hydrogen-bond acceptors (Lipinski definition) is 8. The van der Waals surface area contributed by atoms with Gasteiger partial charge in [0, 0.05) is 24.6 Å². The summed E-state index contributed by atoms with van der Waals surface area (Å²) in [5, 5.41) is 4.90. The van der Waals surface area contributed by atoms with Crippen LogP contribution in [0.15, 0.2) is 98.1 Å². The molecule has 0 aliphatic carbocycles. The Kier molecular flexibility index (Phi) is 14.6. The van der Waals surface area contributed by atoms with Crippen LogP contribution in [0, 0.1) is 11.8 Å². The van der Waals surface area contributed by atoms with Crippen LogP contribution >= 0.6 is 0 Å². The minimum atomic E-state index is -0.707. The summed E-state index contributed by atoms with van der Waals surface area (Å²) in [6.45, 7) is 15.7. The lowest BCUT2D eigenvalue weighted by atomic mass is 9.94. The van der Waals surface area contributed by atoms with E-state index < -0.39 is 17.9 Å². The lowest BCUT2D eigenvalue weighted by Gasteiger charge is -2.12. The number of hydrogen-bond donors (Lipinski definition) is 0. The van der Waals surface area contributed by atoms with E-state index in [-0.39, 0.29) is 29.6 Å². The fraction of sp³-hybridized carbons (Fsp3) is 0.300. The molecule has 4 aromatic rings. The first-order chi connectivity index (χ1) is 23.0. The van der Waals surface area contributed by atoms with Gasteiger partial charge in [0.05, 0.1) is 18.8 Å². The zero-order valence-electron chi connectivity index (χ0n) is 28.2. The highest BCUT2D eigenvalue weighted by Crippen LogP contribution is 2.29. The van der Waals surface area contributed by atoms with E-state index in [1.54, 1.807) is 0 Å². The van der Waals surface area contributed by atoms with Crippen molar-refractivity contribution in [3.63, 3.8) is 0 Å². The molecule has 0 heterocycles. The van der Waals surface area contributed by atoms with E-state index in [0.717, 1.165) is 25.0 Å². The first-order valence-corrected chi connectivity index (χ1v) is 16.1. The lowest BCUT2D eigenvalue weighted by molar-refractivity contribution is -0.144. The van der Waals surface area contributed by atoms with Gasteiger partial charge in [0.2, 0.25) is 0 Å². The normalized spacial score (nSPS) is 10.6. The molecule has 0 amide bonds. The van der Waals surface area contributed by atoms with Gasteiger partial charge in [-0.15, -0.1) is 0 Å². The number of rotatable bonds is 14. The Morgan fingerprint density at radius 3 is 1.62 bits per heavy atom. The molecule has 48 heavy (non-hydrogen) atoms. The third-order valence-corrected chi connectivity index (χ3v) is 7.23. The molecule has 0 saturated carbocycles. The SMILES string of the molecule is C=CC(=O)Oc1cc(OC(=O)C=C)cc(C(=O)OCCC(C)C)c1.CC(C)CCOC(=O)CCc1c2ccccc2cc2ccccc12. The first-order valence-electron chi connectivity index (χ1n) is 16.1. The molecule has 0 aliphatic rings. The van der Waals surface area contributed by atoms with Gasteiger partial charge >= 0.3 is 23.9 Å². The highest BCUT2D eigenvalue weighted by molar-refractivity contribution is 6.02. The van der Waals surface area contributed by atoms with Crippen LogP contribution in [-0.2, 0) is 30.3 Å². The van der Waals surface area contributed by atoms with Crippen molar-refractivity contribution in [2.24, 2.45) is 11.8 Å². The third-order valence-electron chi connectivity index (χ3n) is 7.23. The van der Waals surface area contributed by atoms with Crippen LogP contribution in [0.25, 0.3) is 21.5 Å². The van der Waals surface area contributed by atoms with Crippen LogP contribution in [0.2, 0.25) is 0 Å². The molecular weight excluding hydrogens is 608 g/mol. The molecule has 0 unspecified atom stereocenters. The van der Waals surface area contributed by atoms with Crippen molar-refractivity contribution in [3.05, 3.63) is 109 Å². The number of ether oxygens (including phenoxy) is 4. The average molecular weight is 653 g/mol. The maximum atomic E-state index is 12.1. The molecule has 8 nitrogen and oxygen atoms in total. The Labute approximate surface area is 282 Å². The fourth-order valence-electron chi connectivity index (χ4n) is 4.68. The second-order valence-corrected chi connectivity index (χ2v) is 12.0. The molecule has 0 spiro atoms. The van der Waals surface area contributed by atoms with Crippen molar-refractivity contribution in [3.8, 4) is 11.5 Å². The van der Waals surface area contributed by atoms with E-state index in [1.165, 1.54) is 45.3 Å². The van der Waals surface area contributed by atoms with Crippen LogP contribution in [-0.4, -0.2) is 37.1 Å². The van der Waals surface area contributed by atoms with Crippen molar-refractivity contribution in [1.82, 2.24) is 0 Å². The number of aryl methyl sites for hydroxylation is 1. The zero-order chi connectivity index (χ0) is 35.1. The number of esters is 4. The van der Waals surface area contributed by atoms with Crippen LogP contribution in [0.3, 0.4) is 0 Å². The Morgan fingerprint density at radius 1 is 0.667 bits per heavy atom. The fourth-order valence-corrected chi connectivity index (χ4v) is 4.68. The molecule has 0 aromatic heterocycles. The minimum absolute atomic E-state index is 0.0325. The van der Waals surface area contributed by atoms with Gasteiger partial charge in [0.1, 0.15) is 11.5 Å². The maximum Gasteiger partial charge on any atom is 0.338 e. The standard InChI is InChI=1S/C22H24O2.C18H20O6/c1-16(2)13-14-24-22(23)12-11-21-19-9-5-3-7-17(19)15-18-8-4-6-10-20(18)21;1-5-16(19)23-14-9-13(18(21)22-8-7-12(3)4)10-15(11-14)24-17(20)6-2/h3-10,15-16H,11-14H2,1-2H3;5-6,9-12H,1-2,7-8H2,3-4H3. The Morgan fingerprint density at radius 2 is 1.15 bits per heavy atom. The van der Waals surface area contributed by atoms with Crippen LogP contribution in [0.5, 0.6) is 11.5 Å².